The van der Waals surface area contributed by atoms with Crippen molar-refractivity contribution in [2.75, 3.05) is 5.75 Å². The van der Waals surface area contributed by atoms with Crippen LogP contribution in [0.2, 0.25) is 10.0 Å². The number of rotatable bonds is 7. The van der Waals surface area contributed by atoms with Crippen LogP contribution in [0.1, 0.15) is 11.5 Å². The molecule has 0 aliphatic heterocycles. The van der Waals surface area contributed by atoms with E-state index in [1.807, 2.05) is 6.07 Å². The molecule has 0 aliphatic rings. The summed E-state index contributed by atoms with van der Waals surface area (Å²) in [5.41, 5.74) is 1.15. The number of carbonyl (C=O) groups excluding carboxylic acids is 1. The van der Waals surface area contributed by atoms with Gasteiger partial charge < -0.3 is 9.84 Å². The molecule has 3 rings (SSSR count). The lowest BCUT2D eigenvalue weighted by Crippen LogP contribution is -2.24. The number of benzene rings is 2. The molecule has 0 unspecified atom stereocenters. The van der Waals surface area contributed by atoms with E-state index in [0.717, 1.165) is 0 Å². The minimum absolute atomic E-state index is 0.103. The molecule has 0 fully saturated rings. The minimum atomic E-state index is -0.381. The molecule has 1 amide bonds. The summed E-state index contributed by atoms with van der Waals surface area (Å²) in [5.74, 6) is 0.575. The monoisotopic (exact) mass is 425 g/mol. The number of aromatic nitrogens is 2. The molecule has 0 atom stereocenters. The molecule has 5 nitrogen and oxygen atoms in total. The number of hydrogen-bond donors (Lipinski definition) is 1. The summed E-state index contributed by atoms with van der Waals surface area (Å²) in [7, 11) is 0. The molecule has 1 heterocycles. The van der Waals surface area contributed by atoms with Crippen LogP contribution in [0.3, 0.4) is 0 Å². The lowest BCUT2D eigenvalue weighted by Gasteiger charge is -2.04. The molecule has 0 aliphatic carbocycles. The fourth-order valence-corrected chi connectivity index (χ4v) is 3.42. The van der Waals surface area contributed by atoms with Gasteiger partial charge in [-0.05, 0) is 29.8 Å². The number of hydrogen-bond acceptors (Lipinski definition) is 5. The Morgan fingerprint density at radius 1 is 1.22 bits per heavy atom. The van der Waals surface area contributed by atoms with Crippen molar-refractivity contribution in [1.82, 2.24) is 15.5 Å². The highest BCUT2D eigenvalue weighted by molar-refractivity contribution is 7.99. The van der Waals surface area contributed by atoms with Gasteiger partial charge in [-0.2, -0.15) is 4.98 Å². The molecule has 1 aromatic heterocycles. The first-order chi connectivity index (χ1) is 13.0. The van der Waals surface area contributed by atoms with Gasteiger partial charge in [0.25, 0.3) is 0 Å². The van der Waals surface area contributed by atoms with Crippen LogP contribution in [0.25, 0.3) is 11.4 Å². The van der Waals surface area contributed by atoms with Crippen LogP contribution in [0.15, 0.2) is 47.0 Å². The maximum atomic E-state index is 13.7. The smallest absolute Gasteiger partial charge is 0.246 e. The first-order valence-corrected chi connectivity index (χ1v) is 9.80. The summed E-state index contributed by atoms with van der Waals surface area (Å²) in [5, 5.41) is 7.40. The van der Waals surface area contributed by atoms with Crippen molar-refractivity contribution in [1.29, 1.82) is 0 Å². The van der Waals surface area contributed by atoms with E-state index in [2.05, 4.69) is 15.5 Å². The normalized spacial score (nSPS) is 10.8. The summed E-state index contributed by atoms with van der Waals surface area (Å²) in [4.78, 5) is 16.1. The Morgan fingerprint density at radius 2 is 2.04 bits per heavy atom. The molecule has 9 heteroatoms. The zero-order valence-corrected chi connectivity index (χ0v) is 16.2. The predicted octanol–water partition coefficient (Wildman–Crippen LogP) is 4.73. The summed E-state index contributed by atoms with van der Waals surface area (Å²) in [6.45, 7) is 0.103. The summed E-state index contributed by atoms with van der Waals surface area (Å²) >= 11 is 13.1. The third kappa shape index (κ3) is 5.45. The van der Waals surface area contributed by atoms with Gasteiger partial charge in [-0.3, -0.25) is 4.79 Å². The Kier molecular flexibility index (Phi) is 6.71. The Hall–Kier alpha value is -2.09. The number of nitrogens with one attached hydrogen (secondary N) is 1. The van der Waals surface area contributed by atoms with Gasteiger partial charge in [0.2, 0.25) is 17.6 Å². The SMILES string of the molecule is O=C(CSCc1ccc(Cl)cc1F)NCc1nc(-c2ccccc2Cl)no1. The van der Waals surface area contributed by atoms with Crippen LogP contribution >= 0.6 is 35.0 Å². The van der Waals surface area contributed by atoms with Crippen molar-refractivity contribution in [3.63, 3.8) is 0 Å². The average molecular weight is 426 g/mol. The molecule has 27 heavy (non-hydrogen) atoms. The topological polar surface area (TPSA) is 68.0 Å². The van der Waals surface area contributed by atoms with E-state index in [-0.39, 0.29) is 29.9 Å². The highest BCUT2D eigenvalue weighted by Crippen LogP contribution is 2.24. The Labute approximate surface area is 169 Å². The summed E-state index contributed by atoms with van der Waals surface area (Å²) in [6, 6.07) is 11.6. The second-order valence-corrected chi connectivity index (χ2v) is 7.33. The molecule has 1 N–H and O–H groups in total. The van der Waals surface area contributed by atoms with Crippen LogP contribution in [0, 0.1) is 5.82 Å². The summed E-state index contributed by atoms with van der Waals surface area (Å²) in [6.07, 6.45) is 0. The molecule has 0 bridgehead atoms. The number of thioether (sulfide) groups is 1. The van der Waals surface area contributed by atoms with E-state index in [9.17, 15) is 9.18 Å². The third-order valence-electron chi connectivity index (χ3n) is 3.53. The summed E-state index contributed by atoms with van der Waals surface area (Å²) < 4.78 is 18.8. The molecule has 0 saturated carbocycles. The van der Waals surface area contributed by atoms with E-state index < -0.39 is 0 Å². The quantitative estimate of drug-likeness (QED) is 0.592. The van der Waals surface area contributed by atoms with Gasteiger partial charge in [-0.1, -0.05) is 46.6 Å². The van der Waals surface area contributed by atoms with Crippen molar-refractivity contribution < 1.29 is 13.7 Å². The zero-order valence-electron chi connectivity index (χ0n) is 13.9. The highest BCUT2D eigenvalue weighted by atomic mass is 35.5. The van der Waals surface area contributed by atoms with E-state index in [1.165, 1.54) is 17.8 Å². The van der Waals surface area contributed by atoms with E-state index >= 15 is 0 Å². The third-order valence-corrected chi connectivity index (χ3v) is 5.07. The van der Waals surface area contributed by atoms with Gasteiger partial charge >= 0.3 is 0 Å². The molecule has 0 spiro atoms. The Morgan fingerprint density at radius 3 is 2.81 bits per heavy atom. The van der Waals surface area contributed by atoms with Crippen LogP contribution in [0.5, 0.6) is 0 Å². The van der Waals surface area contributed by atoms with Gasteiger partial charge in [0.15, 0.2) is 0 Å². The van der Waals surface area contributed by atoms with Crippen LogP contribution in [0.4, 0.5) is 4.39 Å². The zero-order chi connectivity index (χ0) is 19.2. The Balaban J connectivity index is 1.46. The van der Waals surface area contributed by atoms with Crippen molar-refractivity contribution in [2.24, 2.45) is 0 Å². The van der Waals surface area contributed by atoms with Gasteiger partial charge in [-0.15, -0.1) is 11.8 Å². The molecule has 3 aromatic rings. The first kappa shape index (κ1) is 19.7. The molecule has 0 saturated heterocycles. The van der Waals surface area contributed by atoms with Crippen LogP contribution in [-0.2, 0) is 17.1 Å². The van der Waals surface area contributed by atoms with Crippen molar-refractivity contribution in [3.05, 3.63) is 69.8 Å². The van der Waals surface area contributed by atoms with Gasteiger partial charge in [0.05, 0.1) is 17.3 Å². The van der Waals surface area contributed by atoms with E-state index in [4.69, 9.17) is 27.7 Å². The number of halogens is 3. The fraction of sp³-hybridized carbons (Fsp3) is 0.167. The van der Waals surface area contributed by atoms with E-state index in [0.29, 0.717) is 32.7 Å². The van der Waals surface area contributed by atoms with Crippen LogP contribution in [-0.4, -0.2) is 21.8 Å². The Bertz CT molecular complexity index is 952. The lowest BCUT2D eigenvalue weighted by molar-refractivity contribution is -0.118. The number of amides is 1. The molecule has 2 aromatic carbocycles. The molecular formula is C18H14Cl2FN3O2S. The number of carbonyl (C=O) groups is 1. The number of nitrogens with zero attached hydrogens (tertiary/aromatic N) is 2. The largest absolute Gasteiger partial charge is 0.346 e. The second kappa shape index (κ2) is 9.21. The standard InChI is InChI=1S/C18H14Cl2FN3O2S/c19-12-6-5-11(15(21)7-12)9-27-10-16(25)22-8-17-23-18(24-26-17)13-3-1-2-4-14(13)20/h1-7H,8-10H2,(H,22,25). The van der Waals surface area contributed by atoms with Crippen LogP contribution < -0.4 is 5.32 Å². The lowest BCUT2D eigenvalue weighted by atomic mass is 10.2. The average Bonchev–Trinajstić information content (AvgIpc) is 3.11. The molecule has 0 radical (unpaired) electrons. The molecule has 140 valence electrons. The van der Waals surface area contributed by atoms with Gasteiger partial charge in [0.1, 0.15) is 5.82 Å². The van der Waals surface area contributed by atoms with Gasteiger partial charge in [-0.25, -0.2) is 4.39 Å². The maximum Gasteiger partial charge on any atom is 0.246 e. The van der Waals surface area contributed by atoms with Crippen molar-refractivity contribution in [2.45, 2.75) is 12.3 Å². The van der Waals surface area contributed by atoms with Gasteiger partial charge in [0, 0.05) is 16.3 Å². The van der Waals surface area contributed by atoms with E-state index in [1.54, 1.807) is 30.3 Å². The second-order valence-electron chi connectivity index (χ2n) is 5.50. The minimum Gasteiger partial charge on any atom is -0.346 e. The van der Waals surface area contributed by atoms with Crippen molar-refractivity contribution >= 4 is 40.9 Å². The predicted molar refractivity (Wildman–Crippen MR) is 104 cm³/mol. The van der Waals surface area contributed by atoms with Crippen molar-refractivity contribution in [3.8, 4) is 11.4 Å². The molecular weight excluding hydrogens is 412 g/mol. The first-order valence-electron chi connectivity index (χ1n) is 7.89. The maximum absolute atomic E-state index is 13.7. The fourth-order valence-electron chi connectivity index (χ4n) is 2.20. The highest BCUT2D eigenvalue weighted by Gasteiger charge is 2.12.